The summed E-state index contributed by atoms with van der Waals surface area (Å²) in [6, 6.07) is 6.78. The Kier molecular flexibility index (Phi) is 3.76. The van der Waals surface area contributed by atoms with Gasteiger partial charge < -0.3 is 20.9 Å². The van der Waals surface area contributed by atoms with Gasteiger partial charge in [0, 0.05) is 13.1 Å². The van der Waals surface area contributed by atoms with Gasteiger partial charge in [0.1, 0.15) is 0 Å². The molecule has 1 aromatic rings. The SMILES string of the molecule is C[C@]12CN(C(=O)[C@H]3CCCN3)C[C@H]1C(=O)Nc1ccccc1C(=O)N2. The Morgan fingerprint density at radius 1 is 1.28 bits per heavy atom. The summed E-state index contributed by atoms with van der Waals surface area (Å²) >= 11 is 0. The van der Waals surface area contributed by atoms with Crippen molar-refractivity contribution in [3.8, 4) is 0 Å². The van der Waals surface area contributed by atoms with Crippen LogP contribution in [-0.2, 0) is 9.59 Å². The monoisotopic (exact) mass is 342 g/mol. The van der Waals surface area contributed by atoms with Crippen molar-refractivity contribution in [3.05, 3.63) is 29.8 Å². The van der Waals surface area contributed by atoms with Gasteiger partial charge in [-0.2, -0.15) is 0 Å². The Labute approximate surface area is 146 Å². The summed E-state index contributed by atoms with van der Waals surface area (Å²) in [7, 11) is 0. The van der Waals surface area contributed by atoms with E-state index in [9.17, 15) is 14.4 Å². The van der Waals surface area contributed by atoms with Crippen molar-refractivity contribution < 1.29 is 14.4 Å². The average molecular weight is 342 g/mol. The highest BCUT2D eigenvalue weighted by Gasteiger charge is 2.51. The van der Waals surface area contributed by atoms with Gasteiger partial charge in [-0.25, -0.2) is 0 Å². The zero-order chi connectivity index (χ0) is 17.6. The van der Waals surface area contributed by atoms with Crippen molar-refractivity contribution in [2.45, 2.75) is 31.3 Å². The van der Waals surface area contributed by atoms with Gasteiger partial charge in [0.15, 0.2) is 0 Å². The van der Waals surface area contributed by atoms with E-state index in [2.05, 4.69) is 16.0 Å². The minimum Gasteiger partial charge on any atom is -0.344 e. The van der Waals surface area contributed by atoms with Crippen LogP contribution in [0.1, 0.15) is 30.1 Å². The molecule has 0 aliphatic carbocycles. The molecular formula is C18H22N4O3. The molecule has 0 aromatic heterocycles. The summed E-state index contributed by atoms with van der Waals surface area (Å²) < 4.78 is 0. The maximum absolute atomic E-state index is 12.8. The zero-order valence-corrected chi connectivity index (χ0v) is 14.2. The van der Waals surface area contributed by atoms with Gasteiger partial charge >= 0.3 is 0 Å². The van der Waals surface area contributed by atoms with Crippen molar-refractivity contribution in [2.24, 2.45) is 5.92 Å². The molecule has 2 fully saturated rings. The molecule has 3 heterocycles. The number of carbonyl (C=O) groups excluding carboxylic acids is 3. The van der Waals surface area contributed by atoms with Gasteiger partial charge in [-0.05, 0) is 38.4 Å². The molecule has 3 aliphatic rings. The first-order valence-corrected chi connectivity index (χ1v) is 8.72. The average Bonchev–Trinajstić information content (AvgIpc) is 3.21. The van der Waals surface area contributed by atoms with Gasteiger partial charge in [0.25, 0.3) is 5.91 Å². The number of anilines is 1. The lowest BCUT2D eigenvalue weighted by Gasteiger charge is -2.33. The Balaban J connectivity index is 1.62. The van der Waals surface area contributed by atoms with E-state index >= 15 is 0 Å². The molecule has 132 valence electrons. The Morgan fingerprint density at radius 2 is 2.08 bits per heavy atom. The fourth-order valence-electron chi connectivity index (χ4n) is 4.11. The summed E-state index contributed by atoms with van der Waals surface area (Å²) in [4.78, 5) is 39.9. The van der Waals surface area contributed by atoms with Crippen LogP contribution in [0.15, 0.2) is 24.3 Å². The highest BCUT2D eigenvalue weighted by atomic mass is 16.2. The first-order valence-electron chi connectivity index (χ1n) is 8.72. The summed E-state index contributed by atoms with van der Waals surface area (Å²) in [6.45, 7) is 3.35. The van der Waals surface area contributed by atoms with Crippen LogP contribution in [0, 0.1) is 5.92 Å². The Morgan fingerprint density at radius 3 is 2.84 bits per heavy atom. The van der Waals surface area contributed by atoms with Crippen LogP contribution < -0.4 is 16.0 Å². The van der Waals surface area contributed by atoms with E-state index in [4.69, 9.17) is 0 Å². The van der Waals surface area contributed by atoms with Crippen LogP contribution in [0.2, 0.25) is 0 Å². The molecule has 0 bridgehead atoms. The normalized spacial score (nSPS) is 31.5. The second-order valence-corrected chi connectivity index (χ2v) is 7.33. The third-order valence-corrected chi connectivity index (χ3v) is 5.51. The van der Waals surface area contributed by atoms with Gasteiger partial charge in [-0.3, -0.25) is 14.4 Å². The Bertz CT molecular complexity index is 744. The summed E-state index contributed by atoms with van der Waals surface area (Å²) in [5, 5.41) is 9.08. The van der Waals surface area contributed by atoms with Crippen LogP contribution in [-0.4, -0.2) is 53.8 Å². The quantitative estimate of drug-likeness (QED) is 0.686. The molecule has 25 heavy (non-hydrogen) atoms. The lowest BCUT2D eigenvalue weighted by atomic mass is 9.86. The molecule has 3 N–H and O–H groups in total. The number of nitrogens with one attached hydrogen (secondary N) is 3. The van der Waals surface area contributed by atoms with Crippen molar-refractivity contribution in [2.75, 3.05) is 25.0 Å². The first-order chi connectivity index (χ1) is 12.0. The number of likely N-dealkylation sites (tertiary alicyclic amines) is 1. The molecule has 0 spiro atoms. The number of fused-ring (bicyclic) bond motifs is 2. The van der Waals surface area contributed by atoms with Crippen LogP contribution in [0.5, 0.6) is 0 Å². The van der Waals surface area contributed by atoms with E-state index < -0.39 is 11.5 Å². The van der Waals surface area contributed by atoms with E-state index in [0.29, 0.717) is 24.3 Å². The molecule has 0 radical (unpaired) electrons. The van der Waals surface area contributed by atoms with Gasteiger partial charge in [-0.15, -0.1) is 0 Å². The summed E-state index contributed by atoms with van der Waals surface area (Å²) in [5.41, 5.74) is 0.176. The van der Waals surface area contributed by atoms with Crippen molar-refractivity contribution in [1.82, 2.24) is 15.5 Å². The second kappa shape index (κ2) is 5.84. The van der Waals surface area contributed by atoms with Crippen molar-refractivity contribution in [1.29, 1.82) is 0 Å². The lowest BCUT2D eigenvalue weighted by molar-refractivity contribution is -0.132. The molecule has 0 unspecified atom stereocenters. The molecule has 3 atom stereocenters. The third kappa shape index (κ3) is 2.68. The third-order valence-electron chi connectivity index (χ3n) is 5.51. The standard InChI is InChI=1S/C18H22N4O3/c1-18-10-22(17(25)14-7-4-8-19-14)9-12(18)16(24)20-13-6-3-2-5-11(13)15(23)21-18/h2-3,5-6,12,14,19H,4,7-10H2,1H3,(H,20,24)(H,21,23)/t12-,14+,18-/m0/s1. The Hall–Kier alpha value is -2.41. The number of rotatable bonds is 1. The second-order valence-electron chi connectivity index (χ2n) is 7.33. The van der Waals surface area contributed by atoms with Crippen LogP contribution >= 0.6 is 0 Å². The van der Waals surface area contributed by atoms with Gasteiger partial charge in [0.2, 0.25) is 11.8 Å². The van der Waals surface area contributed by atoms with E-state index in [0.717, 1.165) is 19.4 Å². The lowest BCUT2D eigenvalue weighted by Crippen LogP contribution is -2.56. The highest BCUT2D eigenvalue weighted by molar-refractivity contribution is 6.07. The molecule has 2 saturated heterocycles. The molecule has 0 saturated carbocycles. The van der Waals surface area contributed by atoms with E-state index in [1.807, 2.05) is 6.92 Å². The summed E-state index contributed by atoms with van der Waals surface area (Å²) in [6.07, 6.45) is 1.80. The molecule has 7 heteroatoms. The molecule has 1 aromatic carbocycles. The summed E-state index contributed by atoms with van der Waals surface area (Å²) in [5.74, 6) is -0.846. The van der Waals surface area contributed by atoms with Crippen LogP contribution in [0.4, 0.5) is 5.69 Å². The fraction of sp³-hybridized carbons (Fsp3) is 0.500. The molecule has 3 aliphatic heterocycles. The molecule has 3 amide bonds. The maximum atomic E-state index is 12.8. The number of nitrogens with zero attached hydrogens (tertiary/aromatic N) is 1. The van der Waals surface area contributed by atoms with Crippen molar-refractivity contribution >= 4 is 23.4 Å². The molecule has 4 rings (SSSR count). The minimum atomic E-state index is -0.775. The van der Waals surface area contributed by atoms with E-state index in [1.54, 1.807) is 29.2 Å². The number of hydrogen-bond donors (Lipinski definition) is 3. The number of carbonyl (C=O) groups is 3. The first kappa shape index (κ1) is 16.1. The number of benzene rings is 1. The fourth-order valence-corrected chi connectivity index (χ4v) is 4.11. The van der Waals surface area contributed by atoms with Gasteiger partial charge in [-0.1, -0.05) is 12.1 Å². The highest BCUT2D eigenvalue weighted by Crippen LogP contribution is 2.32. The molecular weight excluding hydrogens is 320 g/mol. The van der Waals surface area contributed by atoms with E-state index in [1.165, 1.54) is 0 Å². The number of para-hydroxylation sites is 1. The topological polar surface area (TPSA) is 90.5 Å². The van der Waals surface area contributed by atoms with Gasteiger partial charge in [0.05, 0.1) is 28.7 Å². The van der Waals surface area contributed by atoms with Crippen molar-refractivity contribution in [3.63, 3.8) is 0 Å². The minimum absolute atomic E-state index is 0.0186. The number of hydrogen-bond acceptors (Lipinski definition) is 4. The van der Waals surface area contributed by atoms with Crippen LogP contribution in [0.25, 0.3) is 0 Å². The smallest absolute Gasteiger partial charge is 0.253 e. The van der Waals surface area contributed by atoms with E-state index in [-0.39, 0.29) is 23.8 Å². The maximum Gasteiger partial charge on any atom is 0.253 e. The predicted octanol–water partition coefficient (Wildman–Crippen LogP) is 0.338. The predicted molar refractivity (Wildman–Crippen MR) is 92.0 cm³/mol. The largest absolute Gasteiger partial charge is 0.344 e. The molecule has 7 nitrogen and oxygen atoms in total. The number of amides is 3. The zero-order valence-electron chi connectivity index (χ0n) is 14.2. The van der Waals surface area contributed by atoms with Crippen LogP contribution in [0.3, 0.4) is 0 Å².